The Balaban J connectivity index is 2.11. The second-order valence-corrected chi connectivity index (χ2v) is 6.25. The number of nitrogens with two attached hydrogens (primary N) is 1. The highest BCUT2D eigenvalue weighted by molar-refractivity contribution is 5.92. The number of anilines is 1. The maximum Gasteiger partial charge on any atom is 0.0432 e. The molecule has 0 atom stereocenters. The summed E-state index contributed by atoms with van der Waals surface area (Å²) in [5.74, 6) is 0. The lowest BCUT2D eigenvalue weighted by atomic mass is 9.89. The second kappa shape index (κ2) is 7.83. The molecule has 0 bridgehead atoms. The summed E-state index contributed by atoms with van der Waals surface area (Å²) >= 11 is 0. The number of benzene rings is 3. The van der Waals surface area contributed by atoms with Crippen LogP contribution in [0, 0.1) is 0 Å². The minimum atomic E-state index is 0.929. The van der Waals surface area contributed by atoms with E-state index in [1.165, 1.54) is 41.5 Å². The van der Waals surface area contributed by atoms with E-state index >= 15 is 0 Å². The van der Waals surface area contributed by atoms with Gasteiger partial charge in [0.05, 0.1) is 0 Å². The number of hydrogen-bond acceptors (Lipinski definition) is 1. The summed E-state index contributed by atoms with van der Waals surface area (Å²) in [5, 5.41) is 0. The van der Waals surface area contributed by atoms with Crippen LogP contribution in [-0.4, -0.2) is 0 Å². The largest absolute Gasteiger partial charge is 0.398 e. The Morgan fingerprint density at radius 3 is 1.96 bits per heavy atom. The lowest BCUT2D eigenvalue weighted by molar-refractivity contribution is 0.718. The maximum atomic E-state index is 6.64. The van der Waals surface area contributed by atoms with E-state index in [2.05, 4.69) is 67.6 Å². The standard InChI is InChI=1S/C23H25N/c1-2-3-6-15-20-16-17-21(18-11-7-4-8-12-18)22(23(20)24)19-13-9-5-10-14-19/h4-5,7-14,16-17H,2-3,6,15,24H2,1H3. The average molecular weight is 315 g/mol. The average Bonchev–Trinajstić information content (AvgIpc) is 2.64. The highest BCUT2D eigenvalue weighted by Gasteiger charge is 2.14. The predicted molar refractivity (Wildman–Crippen MR) is 105 cm³/mol. The van der Waals surface area contributed by atoms with Crippen molar-refractivity contribution in [3.63, 3.8) is 0 Å². The normalized spacial score (nSPS) is 10.7. The summed E-state index contributed by atoms with van der Waals surface area (Å²) in [4.78, 5) is 0. The van der Waals surface area contributed by atoms with Crippen LogP contribution in [0.2, 0.25) is 0 Å². The van der Waals surface area contributed by atoms with Crippen molar-refractivity contribution in [2.45, 2.75) is 32.6 Å². The Morgan fingerprint density at radius 2 is 1.33 bits per heavy atom. The first-order chi connectivity index (χ1) is 11.8. The Kier molecular flexibility index (Phi) is 5.32. The Hall–Kier alpha value is -2.54. The van der Waals surface area contributed by atoms with Crippen molar-refractivity contribution in [2.24, 2.45) is 0 Å². The van der Waals surface area contributed by atoms with Gasteiger partial charge in [-0.2, -0.15) is 0 Å². The molecule has 0 unspecified atom stereocenters. The van der Waals surface area contributed by atoms with E-state index in [1.807, 2.05) is 12.1 Å². The number of rotatable bonds is 6. The third-order valence-corrected chi connectivity index (χ3v) is 4.53. The molecule has 0 aliphatic rings. The van der Waals surface area contributed by atoms with Crippen LogP contribution < -0.4 is 5.73 Å². The molecule has 2 N–H and O–H groups in total. The van der Waals surface area contributed by atoms with Gasteiger partial charge in [0.1, 0.15) is 0 Å². The molecule has 0 aliphatic carbocycles. The van der Waals surface area contributed by atoms with E-state index in [0.717, 1.165) is 17.7 Å². The van der Waals surface area contributed by atoms with Crippen LogP contribution in [0.3, 0.4) is 0 Å². The summed E-state index contributed by atoms with van der Waals surface area (Å²) in [5.41, 5.74) is 13.6. The van der Waals surface area contributed by atoms with Crippen molar-refractivity contribution in [3.05, 3.63) is 78.4 Å². The van der Waals surface area contributed by atoms with E-state index in [-0.39, 0.29) is 0 Å². The molecule has 0 radical (unpaired) electrons. The van der Waals surface area contributed by atoms with Crippen LogP contribution in [0.1, 0.15) is 31.7 Å². The molecule has 1 nitrogen and oxygen atoms in total. The molecule has 0 saturated heterocycles. The lowest BCUT2D eigenvalue weighted by Crippen LogP contribution is -2.00. The van der Waals surface area contributed by atoms with Gasteiger partial charge in [0.15, 0.2) is 0 Å². The van der Waals surface area contributed by atoms with Crippen LogP contribution >= 0.6 is 0 Å². The van der Waals surface area contributed by atoms with Crippen LogP contribution in [0.25, 0.3) is 22.3 Å². The lowest BCUT2D eigenvalue weighted by Gasteiger charge is -2.17. The summed E-state index contributed by atoms with van der Waals surface area (Å²) in [6.07, 6.45) is 4.72. The van der Waals surface area contributed by atoms with Gasteiger partial charge in [-0.3, -0.25) is 0 Å². The first-order valence-electron chi connectivity index (χ1n) is 8.83. The molecule has 122 valence electrons. The van der Waals surface area contributed by atoms with E-state index < -0.39 is 0 Å². The van der Waals surface area contributed by atoms with E-state index in [4.69, 9.17) is 5.73 Å². The molecule has 0 spiro atoms. The number of hydrogen-bond donors (Lipinski definition) is 1. The summed E-state index contributed by atoms with van der Waals surface area (Å²) in [6.45, 7) is 2.23. The van der Waals surface area contributed by atoms with Gasteiger partial charge in [-0.25, -0.2) is 0 Å². The molecule has 1 heteroatoms. The first kappa shape index (κ1) is 16.3. The Morgan fingerprint density at radius 1 is 0.708 bits per heavy atom. The third-order valence-electron chi connectivity index (χ3n) is 4.53. The zero-order valence-electron chi connectivity index (χ0n) is 14.3. The minimum absolute atomic E-state index is 0.929. The van der Waals surface area contributed by atoms with E-state index in [0.29, 0.717) is 0 Å². The highest BCUT2D eigenvalue weighted by atomic mass is 14.6. The van der Waals surface area contributed by atoms with Gasteiger partial charge < -0.3 is 5.73 Å². The van der Waals surface area contributed by atoms with E-state index in [1.54, 1.807) is 0 Å². The quantitative estimate of drug-likeness (QED) is 0.417. The number of unbranched alkanes of at least 4 members (excludes halogenated alkanes) is 2. The van der Waals surface area contributed by atoms with Crippen LogP contribution in [-0.2, 0) is 6.42 Å². The predicted octanol–water partition coefficient (Wildman–Crippen LogP) is 6.34. The van der Waals surface area contributed by atoms with Gasteiger partial charge in [-0.05, 0) is 35.1 Å². The van der Waals surface area contributed by atoms with Crippen molar-refractivity contribution in [1.29, 1.82) is 0 Å². The second-order valence-electron chi connectivity index (χ2n) is 6.25. The van der Waals surface area contributed by atoms with Crippen LogP contribution in [0.15, 0.2) is 72.8 Å². The van der Waals surface area contributed by atoms with Crippen molar-refractivity contribution in [2.75, 3.05) is 5.73 Å². The van der Waals surface area contributed by atoms with Gasteiger partial charge >= 0.3 is 0 Å². The van der Waals surface area contributed by atoms with Gasteiger partial charge in [0, 0.05) is 11.3 Å². The zero-order valence-corrected chi connectivity index (χ0v) is 14.3. The van der Waals surface area contributed by atoms with Crippen molar-refractivity contribution < 1.29 is 0 Å². The number of nitrogen functional groups attached to an aromatic ring is 1. The maximum absolute atomic E-state index is 6.64. The SMILES string of the molecule is CCCCCc1ccc(-c2ccccc2)c(-c2ccccc2)c1N. The van der Waals surface area contributed by atoms with Crippen LogP contribution in [0.4, 0.5) is 5.69 Å². The first-order valence-corrected chi connectivity index (χ1v) is 8.83. The van der Waals surface area contributed by atoms with Crippen molar-refractivity contribution in [3.8, 4) is 22.3 Å². The zero-order chi connectivity index (χ0) is 16.8. The Bertz CT molecular complexity index is 776. The highest BCUT2D eigenvalue weighted by Crippen LogP contribution is 2.38. The molecule has 3 rings (SSSR count). The molecule has 3 aromatic carbocycles. The molecule has 0 amide bonds. The minimum Gasteiger partial charge on any atom is -0.398 e. The topological polar surface area (TPSA) is 26.0 Å². The molecule has 3 aromatic rings. The molecule has 24 heavy (non-hydrogen) atoms. The van der Waals surface area contributed by atoms with Gasteiger partial charge in [-0.15, -0.1) is 0 Å². The van der Waals surface area contributed by atoms with E-state index in [9.17, 15) is 0 Å². The fraction of sp³-hybridized carbons (Fsp3) is 0.217. The van der Waals surface area contributed by atoms with Gasteiger partial charge in [0.2, 0.25) is 0 Å². The molecular formula is C23H25N. The molecule has 0 aromatic heterocycles. The molecule has 0 aliphatic heterocycles. The number of aryl methyl sites for hydroxylation is 1. The monoisotopic (exact) mass is 315 g/mol. The molecular weight excluding hydrogens is 290 g/mol. The third kappa shape index (κ3) is 3.51. The Labute approximate surface area is 145 Å². The molecule has 0 fully saturated rings. The fourth-order valence-electron chi connectivity index (χ4n) is 3.22. The summed E-state index contributed by atoms with van der Waals surface area (Å²) < 4.78 is 0. The van der Waals surface area contributed by atoms with Crippen molar-refractivity contribution in [1.82, 2.24) is 0 Å². The van der Waals surface area contributed by atoms with Crippen LogP contribution in [0.5, 0.6) is 0 Å². The fourth-order valence-corrected chi connectivity index (χ4v) is 3.22. The van der Waals surface area contributed by atoms with Gasteiger partial charge in [0.25, 0.3) is 0 Å². The van der Waals surface area contributed by atoms with Crippen molar-refractivity contribution >= 4 is 5.69 Å². The van der Waals surface area contributed by atoms with Gasteiger partial charge in [-0.1, -0.05) is 92.6 Å². The molecule has 0 heterocycles. The smallest absolute Gasteiger partial charge is 0.0432 e. The summed E-state index contributed by atoms with van der Waals surface area (Å²) in [6, 6.07) is 25.4. The molecule has 0 saturated carbocycles. The summed E-state index contributed by atoms with van der Waals surface area (Å²) in [7, 11) is 0.